The van der Waals surface area contributed by atoms with Crippen LogP contribution >= 0.6 is 0 Å². The number of carbonyl (C=O) groups is 1. The fourth-order valence-corrected chi connectivity index (χ4v) is 2.43. The first-order valence-electron chi connectivity index (χ1n) is 8.65. The van der Waals surface area contributed by atoms with Gasteiger partial charge in [-0.3, -0.25) is 9.78 Å². The van der Waals surface area contributed by atoms with E-state index in [0.29, 0.717) is 17.1 Å². The average Bonchev–Trinajstić information content (AvgIpc) is 3.01. The normalized spacial score (nSPS) is 10.9. The van der Waals surface area contributed by atoms with Crippen LogP contribution in [0.5, 0.6) is 5.88 Å². The Morgan fingerprint density at radius 2 is 2.00 bits per heavy atom. The molecule has 140 valence electrons. The van der Waals surface area contributed by atoms with Gasteiger partial charge in [-0.05, 0) is 38.5 Å². The smallest absolute Gasteiger partial charge is 0.253 e. The van der Waals surface area contributed by atoms with Gasteiger partial charge in [0.1, 0.15) is 18.0 Å². The highest BCUT2D eigenvalue weighted by atomic mass is 16.5. The lowest BCUT2D eigenvalue weighted by Gasteiger charge is -2.09. The fraction of sp³-hybridized carbons (Fsp3) is 0.316. The topological polar surface area (TPSA) is 94.8 Å². The van der Waals surface area contributed by atoms with Crippen molar-refractivity contribution in [2.24, 2.45) is 7.05 Å². The molecule has 3 rings (SSSR count). The van der Waals surface area contributed by atoms with Crippen molar-refractivity contribution in [2.45, 2.75) is 33.4 Å². The van der Waals surface area contributed by atoms with E-state index in [9.17, 15) is 4.79 Å². The second kappa shape index (κ2) is 7.94. The van der Waals surface area contributed by atoms with Crippen molar-refractivity contribution in [1.82, 2.24) is 30.3 Å². The molecule has 8 heteroatoms. The second-order valence-electron chi connectivity index (χ2n) is 6.53. The molecule has 0 atom stereocenters. The molecule has 3 aromatic heterocycles. The Bertz CT molecular complexity index is 916. The molecule has 0 bridgehead atoms. The highest BCUT2D eigenvalue weighted by Gasteiger charge is 2.15. The molecule has 0 saturated heterocycles. The van der Waals surface area contributed by atoms with Gasteiger partial charge in [0.25, 0.3) is 5.91 Å². The van der Waals surface area contributed by atoms with Gasteiger partial charge >= 0.3 is 0 Å². The summed E-state index contributed by atoms with van der Waals surface area (Å²) in [6.07, 6.45) is 3.29. The maximum absolute atomic E-state index is 12.0. The van der Waals surface area contributed by atoms with E-state index < -0.39 is 0 Å². The van der Waals surface area contributed by atoms with Crippen LogP contribution in [0.15, 0.2) is 36.7 Å². The Labute approximate surface area is 157 Å². The zero-order valence-corrected chi connectivity index (χ0v) is 15.8. The van der Waals surface area contributed by atoms with Crippen LogP contribution in [0.25, 0.3) is 11.4 Å². The van der Waals surface area contributed by atoms with Gasteiger partial charge in [0.05, 0.1) is 11.3 Å². The molecule has 0 aliphatic heterocycles. The minimum Gasteiger partial charge on any atom is -0.471 e. The summed E-state index contributed by atoms with van der Waals surface area (Å²) in [6.45, 7) is 6.03. The number of nitrogens with one attached hydrogen (secondary N) is 1. The van der Waals surface area contributed by atoms with Gasteiger partial charge in [-0.25, -0.2) is 9.67 Å². The first kappa shape index (κ1) is 18.5. The summed E-state index contributed by atoms with van der Waals surface area (Å²) in [7, 11) is 1.80. The predicted molar refractivity (Wildman–Crippen MR) is 100 cm³/mol. The van der Waals surface area contributed by atoms with Crippen molar-refractivity contribution in [3.05, 3.63) is 53.5 Å². The van der Waals surface area contributed by atoms with Gasteiger partial charge in [0.15, 0.2) is 0 Å². The molecular formula is C19H22N6O2. The zero-order valence-electron chi connectivity index (χ0n) is 15.8. The number of amides is 1. The molecular weight excluding hydrogens is 344 g/mol. The summed E-state index contributed by atoms with van der Waals surface area (Å²) < 4.78 is 7.42. The quantitative estimate of drug-likeness (QED) is 0.719. The lowest BCUT2D eigenvalue weighted by Crippen LogP contribution is -2.30. The number of pyridine rings is 2. The molecule has 0 aromatic carbocycles. The Hall–Kier alpha value is -3.29. The van der Waals surface area contributed by atoms with Crippen LogP contribution in [-0.4, -0.2) is 36.9 Å². The molecule has 0 aliphatic rings. The van der Waals surface area contributed by atoms with E-state index in [1.54, 1.807) is 30.1 Å². The maximum atomic E-state index is 12.0. The molecule has 0 radical (unpaired) electrons. The van der Waals surface area contributed by atoms with Crippen molar-refractivity contribution >= 4 is 5.91 Å². The number of nitrogens with zero attached hydrogens (tertiary/aromatic N) is 5. The van der Waals surface area contributed by atoms with Crippen LogP contribution < -0.4 is 10.1 Å². The van der Waals surface area contributed by atoms with Crippen LogP contribution in [0.3, 0.4) is 0 Å². The van der Waals surface area contributed by atoms with Crippen LogP contribution in [-0.2, 0) is 13.7 Å². The monoisotopic (exact) mass is 366 g/mol. The highest BCUT2D eigenvalue weighted by molar-refractivity contribution is 5.94. The van der Waals surface area contributed by atoms with Crippen molar-refractivity contribution in [2.75, 3.05) is 0 Å². The van der Waals surface area contributed by atoms with Gasteiger partial charge in [0, 0.05) is 31.5 Å². The molecule has 3 aromatic rings. The molecule has 0 unspecified atom stereocenters. The van der Waals surface area contributed by atoms with E-state index in [0.717, 1.165) is 17.0 Å². The summed E-state index contributed by atoms with van der Waals surface area (Å²) in [6, 6.07) is 7.31. The third-order valence-corrected chi connectivity index (χ3v) is 3.87. The zero-order chi connectivity index (χ0) is 19.4. The van der Waals surface area contributed by atoms with Gasteiger partial charge in [-0.2, -0.15) is 0 Å². The Morgan fingerprint density at radius 3 is 2.63 bits per heavy atom. The van der Waals surface area contributed by atoms with Gasteiger partial charge in [-0.1, -0.05) is 11.3 Å². The van der Waals surface area contributed by atoms with Crippen molar-refractivity contribution in [1.29, 1.82) is 0 Å². The van der Waals surface area contributed by atoms with Crippen LogP contribution in [0.4, 0.5) is 0 Å². The number of hydrogen-bond donors (Lipinski definition) is 1. The first-order valence-corrected chi connectivity index (χ1v) is 8.65. The van der Waals surface area contributed by atoms with E-state index in [-0.39, 0.29) is 18.6 Å². The molecule has 1 amide bonds. The van der Waals surface area contributed by atoms with Gasteiger partial charge in [0.2, 0.25) is 5.88 Å². The number of aryl methyl sites for hydroxylation is 2. The van der Waals surface area contributed by atoms with E-state index in [1.165, 1.54) is 6.20 Å². The largest absolute Gasteiger partial charge is 0.471 e. The predicted octanol–water partition coefficient (Wildman–Crippen LogP) is 2.30. The second-order valence-corrected chi connectivity index (χ2v) is 6.53. The van der Waals surface area contributed by atoms with E-state index in [2.05, 4.69) is 25.6 Å². The summed E-state index contributed by atoms with van der Waals surface area (Å²) in [5.74, 6) is 0.257. The van der Waals surface area contributed by atoms with Crippen molar-refractivity contribution in [3.63, 3.8) is 0 Å². The van der Waals surface area contributed by atoms with Crippen LogP contribution in [0.1, 0.15) is 35.5 Å². The van der Waals surface area contributed by atoms with Crippen LogP contribution in [0, 0.1) is 6.92 Å². The summed E-state index contributed by atoms with van der Waals surface area (Å²) >= 11 is 0. The van der Waals surface area contributed by atoms with Gasteiger partial charge < -0.3 is 10.1 Å². The number of carbonyl (C=O) groups excluding carboxylic acids is 1. The van der Waals surface area contributed by atoms with E-state index in [4.69, 9.17) is 4.74 Å². The standard InChI is InChI=1S/C19H22N6O2/c1-12(2)22-19(26)14-6-8-17(21-10-14)27-11-16-18(23-24-25(16)4)15-7-5-13(3)9-20-15/h5-10,12H,11H2,1-4H3,(H,22,26). The minimum atomic E-state index is -0.160. The number of rotatable bonds is 6. The highest BCUT2D eigenvalue weighted by Crippen LogP contribution is 2.20. The Morgan fingerprint density at radius 1 is 1.19 bits per heavy atom. The average molecular weight is 366 g/mol. The Kier molecular flexibility index (Phi) is 5.44. The van der Waals surface area contributed by atoms with Crippen LogP contribution in [0.2, 0.25) is 0 Å². The molecule has 0 fully saturated rings. The SMILES string of the molecule is Cc1ccc(-c2nnn(C)c2COc2ccc(C(=O)NC(C)C)cn2)nc1. The number of ether oxygens (including phenoxy) is 1. The molecule has 0 saturated carbocycles. The molecule has 3 heterocycles. The summed E-state index contributed by atoms with van der Waals surface area (Å²) in [4.78, 5) is 20.6. The minimum absolute atomic E-state index is 0.0690. The maximum Gasteiger partial charge on any atom is 0.253 e. The summed E-state index contributed by atoms with van der Waals surface area (Å²) in [5.41, 5.74) is 3.76. The lowest BCUT2D eigenvalue weighted by atomic mass is 10.2. The number of hydrogen-bond acceptors (Lipinski definition) is 6. The third-order valence-electron chi connectivity index (χ3n) is 3.87. The molecule has 8 nitrogen and oxygen atoms in total. The molecule has 0 spiro atoms. The molecule has 27 heavy (non-hydrogen) atoms. The molecule has 0 aliphatic carbocycles. The molecule has 1 N–H and O–H groups in total. The van der Waals surface area contributed by atoms with Crippen molar-refractivity contribution in [3.8, 4) is 17.3 Å². The number of aromatic nitrogens is 5. The van der Waals surface area contributed by atoms with Crippen molar-refractivity contribution < 1.29 is 9.53 Å². The first-order chi connectivity index (χ1) is 12.9. The summed E-state index contributed by atoms with van der Waals surface area (Å²) in [5, 5.41) is 11.1. The van der Waals surface area contributed by atoms with E-state index in [1.807, 2.05) is 32.9 Å². The third kappa shape index (κ3) is 4.46. The fourth-order valence-electron chi connectivity index (χ4n) is 2.43. The van der Waals surface area contributed by atoms with Gasteiger partial charge in [-0.15, -0.1) is 5.10 Å². The van der Waals surface area contributed by atoms with E-state index >= 15 is 0 Å². The Balaban J connectivity index is 1.71. The lowest BCUT2D eigenvalue weighted by molar-refractivity contribution is 0.0942.